The van der Waals surface area contributed by atoms with E-state index in [0.29, 0.717) is 6.42 Å². The SMILES string of the molecule is Cn1ccc(C(=O)CCc2cccc(Cl)c2)c1. The Hall–Kier alpha value is -1.54. The maximum Gasteiger partial charge on any atom is 0.164 e. The fraction of sp³-hybridized carbons (Fsp3) is 0.214. The molecule has 1 aromatic heterocycles. The molecule has 0 N–H and O–H groups in total. The van der Waals surface area contributed by atoms with Crippen LogP contribution in [0.2, 0.25) is 5.02 Å². The predicted molar refractivity (Wildman–Crippen MR) is 69.5 cm³/mol. The number of ketones is 1. The molecule has 3 heteroatoms. The molecule has 1 heterocycles. The van der Waals surface area contributed by atoms with E-state index in [1.165, 1.54) is 0 Å². The zero-order valence-corrected chi connectivity index (χ0v) is 10.4. The van der Waals surface area contributed by atoms with Crippen LogP contribution in [0.1, 0.15) is 22.3 Å². The molecule has 2 rings (SSSR count). The first-order chi connectivity index (χ1) is 8.15. The van der Waals surface area contributed by atoms with Crippen LogP contribution in [0.4, 0.5) is 0 Å². The van der Waals surface area contributed by atoms with E-state index >= 15 is 0 Å². The molecule has 0 unspecified atom stereocenters. The Labute approximate surface area is 106 Å². The molecule has 0 fully saturated rings. The third-order valence-electron chi connectivity index (χ3n) is 2.68. The highest BCUT2D eigenvalue weighted by Gasteiger charge is 2.07. The minimum Gasteiger partial charge on any atom is -0.357 e. The lowest BCUT2D eigenvalue weighted by Crippen LogP contribution is -2.00. The Kier molecular flexibility index (Phi) is 3.64. The summed E-state index contributed by atoms with van der Waals surface area (Å²) in [5.74, 6) is 0.172. The van der Waals surface area contributed by atoms with Crippen LogP contribution in [0.5, 0.6) is 0 Å². The highest BCUT2D eigenvalue weighted by molar-refractivity contribution is 6.30. The maximum absolute atomic E-state index is 11.9. The van der Waals surface area contributed by atoms with Gasteiger partial charge in [-0.3, -0.25) is 4.79 Å². The molecule has 0 aliphatic carbocycles. The molecule has 2 aromatic rings. The molecule has 1 aromatic carbocycles. The fourth-order valence-corrected chi connectivity index (χ4v) is 1.98. The summed E-state index contributed by atoms with van der Waals surface area (Å²) >= 11 is 5.89. The summed E-state index contributed by atoms with van der Waals surface area (Å²) in [4.78, 5) is 11.9. The number of carbonyl (C=O) groups is 1. The number of Topliss-reactive ketones (excluding diaryl/α,β-unsaturated/α-hetero) is 1. The van der Waals surface area contributed by atoms with Gasteiger partial charge in [0.05, 0.1) is 0 Å². The Balaban J connectivity index is 1.97. The van der Waals surface area contributed by atoms with Gasteiger partial charge < -0.3 is 4.57 Å². The standard InChI is InChI=1S/C14H14ClNO/c1-16-8-7-12(10-16)14(17)6-5-11-3-2-4-13(15)9-11/h2-4,7-10H,5-6H2,1H3. The maximum atomic E-state index is 11.9. The molecular weight excluding hydrogens is 234 g/mol. The quantitative estimate of drug-likeness (QED) is 0.758. The third-order valence-corrected chi connectivity index (χ3v) is 2.92. The number of hydrogen-bond acceptors (Lipinski definition) is 1. The van der Waals surface area contributed by atoms with Gasteiger partial charge in [-0.1, -0.05) is 23.7 Å². The van der Waals surface area contributed by atoms with Gasteiger partial charge in [0.2, 0.25) is 0 Å². The number of aromatic nitrogens is 1. The number of halogens is 1. The molecule has 0 spiro atoms. The van der Waals surface area contributed by atoms with Crippen molar-refractivity contribution >= 4 is 17.4 Å². The van der Waals surface area contributed by atoms with Crippen LogP contribution < -0.4 is 0 Å². The second kappa shape index (κ2) is 5.19. The molecule has 0 amide bonds. The number of hydrogen-bond donors (Lipinski definition) is 0. The second-order valence-electron chi connectivity index (χ2n) is 4.12. The van der Waals surface area contributed by atoms with Crippen molar-refractivity contribution in [2.75, 3.05) is 0 Å². The Morgan fingerprint density at radius 3 is 2.82 bits per heavy atom. The van der Waals surface area contributed by atoms with Gasteiger partial charge >= 0.3 is 0 Å². The van der Waals surface area contributed by atoms with Crippen molar-refractivity contribution in [3.63, 3.8) is 0 Å². The largest absolute Gasteiger partial charge is 0.357 e. The molecule has 0 bridgehead atoms. The van der Waals surface area contributed by atoms with Gasteiger partial charge in [0.25, 0.3) is 0 Å². The molecule has 88 valence electrons. The summed E-state index contributed by atoms with van der Waals surface area (Å²) in [7, 11) is 1.91. The number of rotatable bonds is 4. The van der Waals surface area contributed by atoms with Crippen LogP contribution >= 0.6 is 11.6 Å². The monoisotopic (exact) mass is 247 g/mol. The summed E-state index contributed by atoms with van der Waals surface area (Å²) in [6.07, 6.45) is 4.98. The van der Waals surface area contributed by atoms with Crippen molar-refractivity contribution in [2.24, 2.45) is 7.05 Å². The topological polar surface area (TPSA) is 22.0 Å². The van der Waals surface area contributed by atoms with E-state index in [1.54, 1.807) is 0 Å². The minimum absolute atomic E-state index is 0.172. The predicted octanol–water partition coefficient (Wildman–Crippen LogP) is 3.49. The molecule has 0 saturated heterocycles. The van der Waals surface area contributed by atoms with Crippen molar-refractivity contribution in [3.8, 4) is 0 Å². The van der Waals surface area contributed by atoms with Crippen LogP contribution in [0.15, 0.2) is 42.7 Å². The van der Waals surface area contributed by atoms with Crippen LogP contribution in [0, 0.1) is 0 Å². The highest BCUT2D eigenvalue weighted by Crippen LogP contribution is 2.13. The van der Waals surface area contributed by atoms with Gasteiger partial charge in [0.15, 0.2) is 5.78 Å². The van der Waals surface area contributed by atoms with Crippen LogP contribution in [0.25, 0.3) is 0 Å². The molecule has 2 nitrogen and oxygen atoms in total. The first-order valence-corrected chi connectivity index (χ1v) is 5.92. The van der Waals surface area contributed by atoms with Crippen molar-refractivity contribution < 1.29 is 4.79 Å². The van der Waals surface area contributed by atoms with Crippen LogP contribution in [-0.2, 0) is 13.5 Å². The van der Waals surface area contributed by atoms with Crippen molar-refractivity contribution in [2.45, 2.75) is 12.8 Å². The van der Waals surface area contributed by atoms with Gasteiger partial charge in [-0.2, -0.15) is 0 Å². The fourth-order valence-electron chi connectivity index (χ4n) is 1.76. The minimum atomic E-state index is 0.172. The summed E-state index contributed by atoms with van der Waals surface area (Å²) in [6, 6.07) is 9.49. The van der Waals surface area contributed by atoms with Gasteiger partial charge in [-0.05, 0) is 30.2 Å². The van der Waals surface area contributed by atoms with Crippen molar-refractivity contribution in [1.82, 2.24) is 4.57 Å². The normalized spacial score (nSPS) is 10.5. The van der Waals surface area contributed by atoms with Crippen molar-refractivity contribution in [1.29, 1.82) is 0 Å². The lowest BCUT2D eigenvalue weighted by molar-refractivity contribution is 0.0983. The molecule has 0 radical (unpaired) electrons. The average Bonchev–Trinajstić information content (AvgIpc) is 2.73. The number of benzene rings is 1. The second-order valence-corrected chi connectivity index (χ2v) is 4.56. The first-order valence-electron chi connectivity index (χ1n) is 5.55. The van der Waals surface area contributed by atoms with Crippen LogP contribution in [0.3, 0.4) is 0 Å². The zero-order valence-electron chi connectivity index (χ0n) is 9.69. The zero-order chi connectivity index (χ0) is 12.3. The van der Waals surface area contributed by atoms with E-state index in [-0.39, 0.29) is 5.78 Å². The lowest BCUT2D eigenvalue weighted by atomic mass is 10.0. The molecule has 0 saturated carbocycles. The summed E-state index contributed by atoms with van der Waals surface area (Å²) < 4.78 is 1.88. The van der Waals surface area contributed by atoms with Crippen molar-refractivity contribution in [3.05, 3.63) is 58.9 Å². The first kappa shape index (κ1) is 11.9. The molecule has 0 atom stereocenters. The summed E-state index contributed by atoms with van der Waals surface area (Å²) in [6.45, 7) is 0. The molecular formula is C14H14ClNO. The number of carbonyl (C=O) groups excluding carboxylic acids is 1. The lowest BCUT2D eigenvalue weighted by Gasteiger charge is -2.00. The van der Waals surface area contributed by atoms with E-state index in [1.807, 2.05) is 54.3 Å². The Bertz CT molecular complexity index is 531. The number of aryl methyl sites for hydroxylation is 2. The smallest absolute Gasteiger partial charge is 0.164 e. The van der Waals surface area contributed by atoms with Gasteiger partial charge in [0.1, 0.15) is 0 Å². The van der Waals surface area contributed by atoms with Gasteiger partial charge in [0, 0.05) is 36.4 Å². The van der Waals surface area contributed by atoms with E-state index < -0.39 is 0 Å². The van der Waals surface area contributed by atoms with Crippen LogP contribution in [-0.4, -0.2) is 10.4 Å². The molecule has 0 aliphatic heterocycles. The highest BCUT2D eigenvalue weighted by atomic mass is 35.5. The summed E-state index contributed by atoms with van der Waals surface area (Å²) in [5, 5.41) is 0.717. The van der Waals surface area contributed by atoms with E-state index in [0.717, 1.165) is 22.6 Å². The van der Waals surface area contributed by atoms with E-state index in [4.69, 9.17) is 11.6 Å². The van der Waals surface area contributed by atoms with Gasteiger partial charge in [-0.25, -0.2) is 0 Å². The Morgan fingerprint density at radius 1 is 1.35 bits per heavy atom. The molecule has 0 aliphatic rings. The van der Waals surface area contributed by atoms with E-state index in [9.17, 15) is 4.79 Å². The molecule has 17 heavy (non-hydrogen) atoms. The Morgan fingerprint density at radius 2 is 2.18 bits per heavy atom. The number of nitrogens with zero attached hydrogens (tertiary/aromatic N) is 1. The third kappa shape index (κ3) is 3.21. The summed E-state index contributed by atoms with van der Waals surface area (Å²) in [5.41, 5.74) is 1.87. The average molecular weight is 248 g/mol. The van der Waals surface area contributed by atoms with E-state index in [2.05, 4.69) is 0 Å². The van der Waals surface area contributed by atoms with Gasteiger partial charge in [-0.15, -0.1) is 0 Å².